The Morgan fingerprint density at radius 1 is 1.31 bits per heavy atom. The van der Waals surface area contributed by atoms with Gasteiger partial charge in [-0.1, -0.05) is 27.6 Å². The first-order chi connectivity index (χ1) is 7.83. The molecule has 1 fully saturated rings. The van der Waals surface area contributed by atoms with E-state index in [1.54, 1.807) is 0 Å². The fourth-order valence-electron chi connectivity index (χ4n) is 2.33. The Morgan fingerprint density at radius 3 is 3.06 bits per heavy atom. The molecule has 0 amide bonds. The lowest BCUT2D eigenvalue weighted by atomic mass is 10.1. The van der Waals surface area contributed by atoms with Crippen molar-refractivity contribution in [2.45, 2.75) is 12.8 Å². The van der Waals surface area contributed by atoms with Gasteiger partial charge in [0.05, 0.1) is 6.61 Å². The van der Waals surface area contributed by atoms with E-state index in [0.29, 0.717) is 0 Å². The summed E-state index contributed by atoms with van der Waals surface area (Å²) in [6, 6.07) is 4.31. The highest BCUT2D eigenvalue weighted by atomic mass is 79.9. The Kier molecular flexibility index (Phi) is 2.74. The smallest absolute Gasteiger partial charge is 0.129 e. The minimum Gasteiger partial charge on any atom is -0.492 e. The van der Waals surface area contributed by atoms with E-state index in [9.17, 15) is 0 Å². The van der Waals surface area contributed by atoms with E-state index in [1.165, 1.54) is 16.7 Å². The van der Waals surface area contributed by atoms with Crippen molar-refractivity contribution in [1.29, 1.82) is 0 Å². The zero-order valence-electron chi connectivity index (χ0n) is 9.05. The standard InChI is InChI=1S/C13H14BrNO/c14-12-6-10-2-4-16-13(10)11(7-12)5-9-1-3-15-8-9/h5-7,15H,1-4,8H2/b9-5-. The van der Waals surface area contributed by atoms with Gasteiger partial charge in [-0.15, -0.1) is 0 Å². The fourth-order valence-corrected chi connectivity index (χ4v) is 2.86. The zero-order chi connectivity index (χ0) is 11.0. The Labute approximate surface area is 104 Å². The number of rotatable bonds is 1. The van der Waals surface area contributed by atoms with E-state index >= 15 is 0 Å². The monoisotopic (exact) mass is 279 g/mol. The Hall–Kier alpha value is -0.800. The predicted octanol–water partition coefficient (Wildman–Crippen LogP) is 2.76. The second-order valence-corrected chi connectivity index (χ2v) is 5.23. The van der Waals surface area contributed by atoms with Gasteiger partial charge in [-0.2, -0.15) is 0 Å². The van der Waals surface area contributed by atoms with Crippen LogP contribution in [0.25, 0.3) is 6.08 Å². The molecule has 2 nitrogen and oxygen atoms in total. The molecule has 2 heterocycles. The Balaban J connectivity index is 2.03. The average molecular weight is 280 g/mol. The van der Waals surface area contributed by atoms with Gasteiger partial charge in [0.1, 0.15) is 5.75 Å². The molecule has 0 atom stereocenters. The molecule has 0 spiro atoms. The minimum atomic E-state index is 0.820. The summed E-state index contributed by atoms with van der Waals surface area (Å²) < 4.78 is 6.86. The number of nitrogens with one attached hydrogen (secondary N) is 1. The maximum Gasteiger partial charge on any atom is 0.129 e. The number of hydrogen-bond donors (Lipinski definition) is 1. The van der Waals surface area contributed by atoms with Crippen molar-refractivity contribution in [3.63, 3.8) is 0 Å². The maximum atomic E-state index is 5.71. The first-order valence-corrected chi connectivity index (χ1v) is 6.47. The SMILES string of the molecule is Brc1cc(/C=C2/CCNC2)c2c(c1)CCO2. The topological polar surface area (TPSA) is 21.3 Å². The molecule has 3 heteroatoms. The van der Waals surface area contributed by atoms with Crippen LogP contribution < -0.4 is 10.1 Å². The van der Waals surface area contributed by atoms with Crippen molar-refractivity contribution < 1.29 is 4.74 Å². The van der Waals surface area contributed by atoms with E-state index in [0.717, 1.165) is 42.8 Å². The van der Waals surface area contributed by atoms with Gasteiger partial charge in [0.2, 0.25) is 0 Å². The third kappa shape index (κ3) is 1.89. The first kappa shape index (κ1) is 10.4. The Bertz CT molecular complexity index is 445. The van der Waals surface area contributed by atoms with Gasteiger partial charge in [-0.05, 0) is 30.7 Å². The normalized spacial score (nSPS) is 21.2. The lowest BCUT2D eigenvalue weighted by Crippen LogP contribution is -2.04. The van der Waals surface area contributed by atoms with Gasteiger partial charge in [-0.25, -0.2) is 0 Å². The van der Waals surface area contributed by atoms with E-state index in [1.807, 2.05) is 0 Å². The molecular formula is C13H14BrNO. The highest BCUT2D eigenvalue weighted by Crippen LogP contribution is 2.34. The molecule has 1 N–H and O–H groups in total. The summed E-state index contributed by atoms with van der Waals surface area (Å²) in [6.07, 6.45) is 4.46. The summed E-state index contributed by atoms with van der Waals surface area (Å²) in [6.45, 7) is 2.93. The van der Waals surface area contributed by atoms with Crippen molar-refractivity contribution in [1.82, 2.24) is 5.32 Å². The second-order valence-electron chi connectivity index (χ2n) is 4.31. The highest BCUT2D eigenvalue weighted by molar-refractivity contribution is 9.10. The predicted molar refractivity (Wildman–Crippen MR) is 68.8 cm³/mol. The molecule has 0 aromatic heterocycles. The molecule has 2 aliphatic heterocycles. The van der Waals surface area contributed by atoms with Crippen LogP contribution in [-0.4, -0.2) is 19.7 Å². The van der Waals surface area contributed by atoms with Crippen molar-refractivity contribution in [3.05, 3.63) is 33.3 Å². The van der Waals surface area contributed by atoms with Crippen LogP contribution in [0.4, 0.5) is 0 Å². The van der Waals surface area contributed by atoms with Gasteiger partial charge in [0.25, 0.3) is 0 Å². The van der Waals surface area contributed by atoms with Crippen LogP contribution in [0.1, 0.15) is 17.5 Å². The fraction of sp³-hybridized carbons (Fsp3) is 0.385. The van der Waals surface area contributed by atoms with Crippen molar-refractivity contribution in [2.75, 3.05) is 19.7 Å². The molecule has 1 aromatic rings. The lowest BCUT2D eigenvalue weighted by molar-refractivity contribution is 0.356. The van der Waals surface area contributed by atoms with Crippen LogP contribution in [0.15, 0.2) is 22.2 Å². The molecule has 0 bridgehead atoms. The van der Waals surface area contributed by atoms with Crippen LogP contribution >= 0.6 is 15.9 Å². The molecule has 2 aliphatic rings. The summed E-state index contributed by atoms with van der Waals surface area (Å²) >= 11 is 3.56. The van der Waals surface area contributed by atoms with Crippen LogP contribution in [-0.2, 0) is 6.42 Å². The molecule has 1 aromatic carbocycles. The summed E-state index contributed by atoms with van der Waals surface area (Å²) in [5, 5.41) is 3.35. The molecular weight excluding hydrogens is 266 g/mol. The van der Waals surface area contributed by atoms with E-state index < -0.39 is 0 Å². The number of hydrogen-bond acceptors (Lipinski definition) is 2. The van der Waals surface area contributed by atoms with Crippen LogP contribution in [0.3, 0.4) is 0 Å². The lowest BCUT2D eigenvalue weighted by Gasteiger charge is -2.06. The number of fused-ring (bicyclic) bond motifs is 1. The van der Waals surface area contributed by atoms with E-state index in [2.05, 4.69) is 39.5 Å². The molecule has 0 saturated carbocycles. The molecule has 0 aliphatic carbocycles. The van der Waals surface area contributed by atoms with Gasteiger partial charge in [0.15, 0.2) is 0 Å². The number of halogens is 1. The quantitative estimate of drug-likeness (QED) is 0.854. The number of ether oxygens (including phenoxy) is 1. The maximum absolute atomic E-state index is 5.71. The summed E-state index contributed by atoms with van der Waals surface area (Å²) in [5.74, 6) is 1.09. The molecule has 3 rings (SSSR count). The third-order valence-corrected chi connectivity index (χ3v) is 3.57. The van der Waals surface area contributed by atoms with Crippen molar-refractivity contribution in [3.8, 4) is 5.75 Å². The third-order valence-electron chi connectivity index (χ3n) is 3.11. The summed E-state index contributed by atoms with van der Waals surface area (Å²) in [5.41, 5.74) is 4.02. The highest BCUT2D eigenvalue weighted by Gasteiger charge is 2.17. The largest absolute Gasteiger partial charge is 0.492 e. The molecule has 1 saturated heterocycles. The van der Waals surface area contributed by atoms with Crippen LogP contribution in [0.5, 0.6) is 5.75 Å². The van der Waals surface area contributed by atoms with Crippen molar-refractivity contribution in [2.24, 2.45) is 0 Å². The minimum absolute atomic E-state index is 0.820. The average Bonchev–Trinajstić information content (AvgIpc) is 2.87. The molecule has 0 radical (unpaired) electrons. The van der Waals surface area contributed by atoms with Gasteiger partial charge in [-0.3, -0.25) is 0 Å². The van der Waals surface area contributed by atoms with Gasteiger partial charge in [0, 0.05) is 23.0 Å². The molecule has 0 unspecified atom stereocenters. The number of benzene rings is 1. The van der Waals surface area contributed by atoms with Crippen LogP contribution in [0, 0.1) is 0 Å². The first-order valence-electron chi connectivity index (χ1n) is 5.68. The van der Waals surface area contributed by atoms with Crippen LogP contribution in [0.2, 0.25) is 0 Å². The van der Waals surface area contributed by atoms with Crippen molar-refractivity contribution >= 4 is 22.0 Å². The molecule has 16 heavy (non-hydrogen) atoms. The van der Waals surface area contributed by atoms with E-state index in [4.69, 9.17) is 4.74 Å². The Morgan fingerprint density at radius 2 is 2.25 bits per heavy atom. The molecule has 84 valence electrons. The summed E-state index contributed by atoms with van der Waals surface area (Å²) in [7, 11) is 0. The zero-order valence-corrected chi connectivity index (χ0v) is 10.6. The van der Waals surface area contributed by atoms with Gasteiger partial charge >= 0.3 is 0 Å². The second kappa shape index (κ2) is 4.22. The van der Waals surface area contributed by atoms with E-state index in [-0.39, 0.29) is 0 Å². The summed E-state index contributed by atoms with van der Waals surface area (Å²) in [4.78, 5) is 0. The van der Waals surface area contributed by atoms with Gasteiger partial charge < -0.3 is 10.1 Å².